The van der Waals surface area contributed by atoms with E-state index in [0.717, 1.165) is 0 Å². The van der Waals surface area contributed by atoms with Crippen molar-refractivity contribution in [1.29, 1.82) is 0 Å². The van der Waals surface area contributed by atoms with Gasteiger partial charge in [0.2, 0.25) is 0 Å². The molecule has 1 fully saturated rings. The highest BCUT2D eigenvalue weighted by Gasteiger charge is 2.42. The van der Waals surface area contributed by atoms with Crippen molar-refractivity contribution < 1.29 is 19.0 Å². The monoisotopic (exact) mass is 201 g/mol. The molecule has 0 aliphatic carbocycles. The fourth-order valence-corrected chi connectivity index (χ4v) is 1.32. The molecule has 1 aliphatic rings. The highest BCUT2D eigenvalue weighted by atomic mass is 16.6. The van der Waals surface area contributed by atoms with E-state index in [2.05, 4.69) is 14.8 Å². The molecular weight excluding hydrogens is 190 g/mol. The lowest BCUT2D eigenvalue weighted by Gasteiger charge is -2.14. The fraction of sp³-hybridized carbons (Fsp3) is 0.857. The van der Waals surface area contributed by atoms with Crippen LogP contribution in [-0.4, -0.2) is 45.0 Å². The average Bonchev–Trinajstić information content (AvgIpc) is 2.60. The highest BCUT2D eigenvalue weighted by Crippen LogP contribution is 2.21. The van der Waals surface area contributed by atoms with Gasteiger partial charge in [0, 0.05) is 12.0 Å². The summed E-state index contributed by atoms with van der Waals surface area (Å²) in [5.41, 5.74) is 8.31. The van der Waals surface area contributed by atoms with Crippen molar-refractivity contribution in [3.63, 3.8) is 0 Å². The van der Waals surface area contributed by atoms with Crippen LogP contribution >= 0.6 is 0 Å². The Bertz CT molecular complexity index is 264. The van der Waals surface area contributed by atoms with E-state index < -0.39 is 24.2 Å². The Labute approximate surface area is 80.6 Å². The Hall–Kier alpha value is -1.30. The minimum Gasteiger partial charge on any atom is -0.467 e. The predicted octanol–water partition coefficient (Wildman–Crippen LogP) is 0.252. The Morgan fingerprint density at radius 1 is 1.64 bits per heavy atom. The summed E-state index contributed by atoms with van der Waals surface area (Å²) in [7, 11) is 2.71. The molecule has 0 amide bonds. The zero-order valence-corrected chi connectivity index (χ0v) is 7.91. The van der Waals surface area contributed by atoms with Crippen LogP contribution in [0.1, 0.15) is 0 Å². The van der Waals surface area contributed by atoms with Gasteiger partial charge in [-0.1, -0.05) is 5.11 Å². The van der Waals surface area contributed by atoms with Crippen LogP contribution in [0, 0.1) is 0 Å². The maximum atomic E-state index is 11.2. The van der Waals surface area contributed by atoms with E-state index in [1.165, 1.54) is 14.2 Å². The summed E-state index contributed by atoms with van der Waals surface area (Å²) >= 11 is 0. The summed E-state index contributed by atoms with van der Waals surface area (Å²) in [5.74, 6) is -0.554. The van der Waals surface area contributed by atoms with Crippen molar-refractivity contribution in [3.05, 3.63) is 10.4 Å². The van der Waals surface area contributed by atoms with E-state index in [-0.39, 0.29) is 6.61 Å². The van der Waals surface area contributed by atoms with Gasteiger partial charge in [0.25, 0.3) is 0 Å². The minimum atomic E-state index is -0.860. The number of rotatable bonds is 3. The van der Waals surface area contributed by atoms with Gasteiger partial charge in [-0.15, -0.1) is 0 Å². The second-order valence-corrected chi connectivity index (χ2v) is 2.75. The van der Waals surface area contributed by atoms with Gasteiger partial charge in [0.15, 0.2) is 6.10 Å². The standard InChI is InChI=1S/C7H11N3O4/c1-12-4-3-14-6(7(11)13-2)5(4)9-10-8/h4-6H,3H2,1-2H3/t4-,5-,6+/m0/s1. The third-order valence-electron chi connectivity index (χ3n) is 2.05. The van der Waals surface area contributed by atoms with E-state index >= 15 is 0 Å². The number of azide groups is 1. The van der Waals surface area contributed by atoms with E-state index in [4.69, 9.17) is 15.0 Å². The van der Waals surface area contributed by atoms with Gasteiger partial charge in [-0.05, 0) is 5.53 Å². The molecule has 78 valence electrons. The van der Waals surface area contributed by atoms with Gasteiger partial charge in [-0.2, -0.15) is 0 Å². The van der Waals surface area contributed by atoms with Crippen molar-refractivity contribution in [3.8, 4) is 0 Å². The van der Waals surface area contributed by atoms with Crippen LogP contribution in [0.15, 0.2) is 5.11 Å². The Kier molecular flexibility index (Phi) is 3.70. The van der Waals surface area contributed by atoms with Gasteiger partial charge in [0.05, 0.1) is 19.8 Å². The van der Waals surface area contributed by atoms with Crippen LogP contribution in [0.5, 0.6) is 0 Å². The lowest BCUT2D eigenvalue weighted by molar-refractivity contribution is -0.151. The Balaban J connectivity index is 2.77. The first kappa shape index (κ1) is 10.8. The molecular formula is C7H11N3O4. The summed E-state index contributed by atoms with van der Waals surface area (Å²) in [6.07, 6.45) is -1.25. The molecule has 0 aromatic heterocycles. The van der Waals surface area contributed by atoms with Crippen molar-refractivity contribution in [1.82, 2.24) is 0 Å². The quantitative estimate of drug-likeness (QED) is 0.283. The molecule has 0 aromatic carbocycles. The van der Waals surface area contributed by atoms with Crippen molar-refractivity contribution in [2.24, 2.45) is 5.11 Å². The molecule has 0 aromatic rings. The first-order valence-corrected chi connectivity index (χ1v) is 4.01. The molecule has 1 rings (SSSR count). The van der Waals surface area contributed by atoms with Crippen LogP contribution in [0.2, 0.25) is 0 Å². The predicted molar refractivity (Wildman–Crippen MR) is 45.5 cm³/mol. The molecule has 0 radical (unpaired) electrons. The van der Waals surface area contributed by atoms with Gasteiger partial charge < -0.3 is 14.2 Å². The molecule has 0 bridgehead atoms. The largest absolute Gasteiger partial charge is 0.467 e. The van der Waals surface area contributed by atoms with E-state index in [1.54, 1.807) is 0 Å². The van der Waals surface area contributed by atoms with Crippen LogP contribution in [0.3, 0.4) is 0 Å². The van der Waals surface area contributed by atoms with Gasteiger partial charge in [-0.3, -0.25) is 0 Å². The second-order valence-electron chi connectivity index (χ2n) is 2.75. The van der Waals surface area contributed by atoms with E-state index in [0.29, 0.717) is 0 Å². The smallest absolute Gasteiger partial charge is 0.335 e. The van der Waals surface area contributed by atoms with Crippen LogP contribution in [0.25, 0.3) is 10.4 Å². The number of ether oxygens (including phenoxy) is 3. The molecule has 7 nitrogen and oxygen atoms in total. The van der Waals surface area contributed by atoms with Gasteiger partial charge in [-0.25, -0.2) is 4.79 Å². The zero-order chi connectivity index (χ0) is 10.6. The van der Waals surface area contributed by atoms with E-state index in [1.807, 2.05) is 0 Å². The van der Waals surface area contributed by atoms with Gasteiger partial charge >= 0.3 is 5.97 Å². The lowest BCUT2D eigenvalue weighted by Crippen LogP contribution is -2.35. The SMILES string of the molecule is COC(=O)[C@@H]1OC[C@H](OC)[C@@H]1N=[N+]=[N-]. The number of carbonyl (C=O) groups is 1. The summed E-state index contributed by atoms with van der Waals surface area (Å²) < 4.78 is 14.6. The van der Waals surface area contributed by atoms with E-state index in [9.17, 15) is 4.79 Å². The zero-order valence-electron chi connectivity index (χ0n) is 7.91. The second kappa shape index (κ2) is 4.80. The number of nitrogens with zero attached hydrogens (tertiary/aromatic N) is 3. The molecule has 1 saturated heterocycles. The number of hydrogen-bond donors (Lipinski definition) is 0. The summed E-state index contributed by atoms with van der Waals surface area (Å²) in [5, 5.41) is 3.46. The maximum absolute atomic E-state index is 11.2. The molecule has 7 heteroatoms. The Morgan fingerprint density at radius 2 is 2.36 bits per heavy atom. The Morgan fingerprint density at radius 3 is 2.86 bits per heavy atom. The number of esters is 1. The summed E-state index contributed by atoms with van der Waals surface area (Å²) in [6.45, 7) is 0.222. The van der Waals surface area contributed by atoms with Crippen LogP contribution in [-0.2, 0) is 19.0 Å². The summed E-state index contributed by atoms with van der Waals surface area (Å²) in [4.78, 5) is 13.8. The fourth-order valence-electron chi connectivity index (χ4n) is 1.32. The van der Waals surface area contributed by atoms with Crippen molar-refractivity contribution >= 4 is 5.97 Å². The molecule has 0 saturated carbocycles. The molecule has 3 atom stereocenters. The number of hydrogen-bond acceptors (Lipinski definition) is 5. The third kappa shape index (κ3) is 1.95. The molecule has 0 unspecified atom stereocenters. The topological polar surface area (TPSA) is 93.5 Å². The number of methoxy groups -OCH3 is 2. The van der Waals surface area contributed by atoms with Crippen molar-refractivity contribution in [2.45, 2.75) is 18.2 Å². The molecule has 1 heterocycles. The molecule has 1 aliphatic heterocycles. The number of carbonyl (C=O) groups excluding carboxylic acids is 1. The maximum Gasteiger partial charge on any atom is 0.335 e. The lowest BCUT2D eigenvalue weighted by atomic mass is 10.1. The molecule has 0 spiro atoms. The normalized spacial score (nSPS) is 30.9. The molecule has 0 N–H and O–H groups in total. The van der Waals surface area contributed by atoms with Gasteiger partial charge in [0.1, 0.15) is 6.04 Å². The first-order valence-electron chi connectivity index (χ1n) is 4.01. The summed E-state index contributed by atoms with van der Waals surface area (Å²) in [6, 6.07) is -0.655. The van der Waals surface area contributed by atoms with Crippen LogP contribution in [0.4, 0.5) is 0 Å². The third-order valence-corrected chi connectivity index (χ3v) is 2.05. The van der Waals surface area contributed by atoms with Crippen LogP contribution < -0.4 is 0 Å². The van der Waals surface area contributed by atoms with Crippen molar-refractivity contribution in [2.75, 3.05) is 20.8 Å². The molecule has 14 heavy (non-hydrogen) atoms. The first-order chi connectivity index (χ1) is 6.74. The minimum absolute atomic E-state index is 0.222. The highest BCUT2D eigenvalue weighted by molar-refractivity contribution is 5.76. The average molecular weight is 201 g/mol.